The maximum Gasteiger partial charge on any atom is 0.266 e. The summed E-state index contributed by atoms with van der Waals surface area (Å²) in [5.74, 6) is 0.720. The van der Waals surface area contributed by atoms with Crippen molar-refractivity contribution in [3.63, 3.8) is 0 Å². The maximum atomic E-state index is 12.8. The minimum Gasteiger partial charge on any atom is -0.506 e. The minimum atomic E-state index is -0.0827. The van der Waals surface area contributed by atoms with Crippen molar-refractivity contribution < 1.29 is 14.6 Å². The van der Waals surface area contributed by atoms with E-state index >= 15 is 0 Å². The second-order valence-corrected chi connectivity index (χ2v) is 7.52. The van der Waals surface area contributed by atoms with Gasteiger partial charge in [-0.25, -0.2) is 4.99 Å². The molecule has 0 radical (unpaired) electrons. The largest absolute Gasteiger partial charge is 0.506 e. The molecule has 1 fully saturated rings. The van der Waals surface area contributed by atoms with Gasteiger partial charge in [0.2, 0.25) is 0 Å². The molecule has 1 aliphatic rings. The van der Waals surface area contributed by atoms with Crippen molar-refractivity contribution in [2.24, 2.45) is 4.99 Å². The fourth-order valence-electron chi connectivity index (χ4n) is 2.67. The highest BCUT2D eigenvalue weighted by Gasteiger charge is 2.32. The maximum absolute atomic E-state index is 12.8. The zero-order valence-corrected chi connectivity index (χ0v) is 17.3. The Kier molecular flexibility index (Phi) is 6.65. The van der Waals surface area contributed by atoms with Gasteiger partial charge in [0.1, 0.15) is 11.5 Å². The summed E-state index contributed by atoms with van der Waals surface area (Å²) < 4.78 is 5.45. The molecule has 146 valence electrons. The molecule has 2 aromatic carbocycles. The number of hydrogen-bond acceptors (Lipinski definition) is 5. The van der Waals surface area contributed by atoms with Crippen LogP contribution in [0.4, 0.5) is 5.69 Å². The van der Waals surface area contributed by atoms with Crippen LogP contribution in [0.15, 0.2) is 52.4 Å². The molecule has 0 aliphatic carbocycles. The van der Waals surface area contributed by atoms with Crippen LogP contribution >= 0.6 is 23.4 Å². The molecule has 7 heteroatoms. The predicted octanol–water partition coefficient (Wildman–Crippen LogP) is 5.46. The van der Waals surface area contributed by atoms with Crippen molar-refractivity contribution in [3.8, 4) is 11.5 Å². The van der Waals surface area contributed by atoms with E-state index in [0.717, 1.165) is 23.4 Å². The van der Waals surface area contributed by atoms with Crippen LogP contribution in [0.1, 0.15) is 25.8 Å². The van der Waals surface area contributed by atoms with Crippen LogP contribution in [-0.4, -0.2) is 34.2 Å². The Morgan fingerprint density at radius 1 is 1.21 bits per heavy atom. The van der Waals surface area contributed by atoms with Gasteiger partial charge in [0.05, 0.1) is 22.2 Å². The second-order valence-electron chi connectivity index (χ2n) is 6.10. The molecular weight excluding hydrogens is 396 g/mol. The van der Waals surface area contributed by atoms with E-state index in [1.54, 1.807) is 23.1 Å². The fourth-order valence-corrected chi connectivity index (χ4v) is 3.88. The molecule has 5 nitrogen and oxygen atoms in total. The number of rotatable bonds is 6. The van der Waals surface area contributed by atoms with Gasteiger partial charge in [0.25, 0.3) is 5.91 Å². The van der Waals surface area contributed by atoms with Crippen LogP contribution in [0.3, 0.4) is 0 Å². The van der Waals surface area contributed by atoms with Gasteiger partial charge in [0.15, 0.2) is 5.17 Å². The Morgan fingerprint density at radius 2 is 1.96 bits per heavy atom. The first-order chi connectivity index (χ1) is 13.5. The highest BCUT2D eigenvalue weighted by atomic mass is 35.5. The van der Waals surface area contributed by atoms with Crippen molar-refractivity contribution in [2.75, 3.05) is 13.2 Å². The van der Waals surface area contributed by atoms with E-state index in [4.69, 9.17) is 16.3 Å². The van der Waals surface area contributed by atoms with Crippen molar-refractivity contribution >= 4 is 46.2 Å². The number of halogens is 1. The van der Waals surface area contributed by atoms with E-state index in [-0.39, 0.29) is 16.7 Å². The summed E-state index contributed by atoms with van der Waals surface area (Å²) >= 11 is 7.30. The Morgan fingerprint density at radius 3 is 2.61 bits per heavy atom. The zero-order chi connectivity index (χ0) is 20.1. The van der Waals surface area contributed by atoms with E-state index in [1.807, 2.05) is 38.1 Å². The van der Waals surface area contributed by atoms with Gasteiger partial charge >= 0.3 is 0 Å². The Labute approximate surface area is 173 Å². The lowest BCUT2D eigenvalue weighted by Crippen LogP contribution is -2.29. The predicted molar refractivity (Wildman–Crippen MR) is 115 cm³/mol. The molecule has 0 spiro atoms. The Balaban J connectivity index is 1.89. The van der Waals surface area contributed by atoms with Crippen LogP contribution in [0.25, 0.3) is 6.08 Å². The first-order valence-electron chi connectivity index (χ1n) is 9.03. The third-order valence-corrected chi connectivity index (χ3v) is 5.29. The number of hydrogen-bond donors (Lipinski definition) is 1. The molecule has 0 saturated carbocycles. The van der Waals surface area contributed by atoms with Crippen molar-refractivity contribution in [1.82, 2.24) is 4.90 Å². The van der Waals surface area contributed by atoms with Gasteiger partial charge in [-0.3, -0.25) is 9.69 Å². The summed E-state index contributed by atoms with van der Waals surface area (Å²) in [6, 6.07) is 12.3. The van der Waals surface area contributed by atoms with Crippen LogP contribution in [0, 0.1) is 0 Å². The Bertz CT molecular complexity index is 926. The van der Waals surface area contributed by atoms with Crippen molar-refractivity contribution in [1.29, 1.82) is 0 Å². The number of carbonyl (C=O) groups excluding carboxylic acids is 1. The van der Waals surface area contributed by atoms with Crippen LogP contribution in [0.2, 0.25) is 5.02 Å². The molecule has 1 saturated heterocycles. The summed E-state index contributed by atoms with van der Waals surface area (Å²) in [7, 11) is 0. The molecule has 0 unspecified atom stereocenters. The minimum absolute atomic E-state index is 0.0135. The number of phenols is 1. The fraction of sp³-hybridized carbons (Fsp3) is 0.238. The number of amides is 1. The van der Waals surface area contributed by atoms with E-state index in [0.29, 0.717) is 23.2 Å². The molecule has 0 bridgehead atoms. The van der Waals surface area contributed by atoms with E-state index < -0.39 is 0 Å². The van der Waals surface area contributed by atoms with E-state index in [2.05, 4.69) is 4.99 Å². The lowest BCUT2D eigenvalue weighted by atomic mass is 10.2. The molecule has 1 N–H and O–H groups in total. The van der Waals surface area contributed by atoms with Crippen molar-refractivity contribution in [3.05, 3.63) is 58.0 Å². The van der Waals surface area contributed by atoms with E-state index in [1.165, 1.54) is 17.8 Å². The topological polar surface area (TPSA) is 62.1 Å². The molecule has 2 aromatic rings. The molecule has 1 heterocycles. The number of amidine groups is 1. The van der Waals surface area contributed by atoms with Gasteiger partial charge in [-0.1, -0.05) is 24.6 Å². The standard InChI is InChI=1S/C21H21ClN2O3S/c1-3-11-24-20(26)19(13-14-5-10-18(25)17(22)12-14)28-21(24)23-15-6-8-16(9-7-15)27-4-2/h5-10,12-13,25H,3-4,11H2,1-2H3/b19-13-,23-21?. The first-order valence-corrected chi connectivity index (χ1v) is 10.2. The molecule has 28 heavy (non-hydrogen) atoms. The SMILES string of the molecule is CCCN1C(=O)/C(=C/c2ccc(O)c(Cl)c2)SC1=Nc1ccc(OCC)cc1. The molecule has 0 atom stereocenters. The third-order valence-electron chi connectivity index (χ3n) is 3.98. The van der Waals surface area contributed by atoms with E-state index in [9.17, 15) is 9.90 Å². The molecule has 3 rings (SSSR count). The third kappa shape index (κ3) is 4.69. The average Bonchev–Trinajstić information content (AvgIpc) is 2.96. The zero-order valence-electron chi connectivity index (χ0n) is 15.7. The number of ether oxygens (including phenoxy) is 1. The summed E-state index contributed by atoms with van der Waals surface area (Å²) in [5.41, 5.74) is 1.51. The smallest absolute Gasteiger partial charge is 0.266 e. The van der Waals surface area contributed by atoms with Gasteiger partial charge in [0, 0.05) is 6.54 Å². The number of phenolic OH excluding ortho intramolecular Hbond substituents is 1. The number of carbonyl (C=O) groups is 1. The summed E-state index contributed by atoms with van der Waals surface area (Å²) in [4.78, 5) is 19.8. The van der Waals surface area contributed by atoms with Gasteiger partial charge in [-0.2, -0.15) is 0 Å². The molecule has 1 aliphatic heterocycles. The average molecular weight is 417 g/mol. The summed E-state index contributed by atoms with van der Waals surface area (Å²) in [5, 5.41) is 10.5. The Hall–Kier alpha value is -2.44. The van der Waals surface area contributed by atoms with Gasteiger partial charge in [-0.15, -0.1) is 0 Å². The molecule has 1 amide bonds. The summed E-state index contributed by atoms with van der Waals surface area (Å²) in [6.07, 6.45) is 2.59. The number of aromatic hydroxyl groups is 1. The number of benzene rings is 2. The number of thioether (sulfide) groups is 1. The highest BCUT2D eigenvalue weighted by molar-refractivity contribution is 8.18. The monoisotopic (exact) mass is 416 g/mol. The van der Waals surface area contributed by atoms with Crippen LogP contribution in [-0.2, 0) is 4.79 Å². The number of aliphatic imine (C=N–C) groups is 1. The van der Waals surface area contributed by atoms with Gasteiger partial charge in [-0.05, 0) is 73.1 Å². The summed E-state index contributed by atoms with van der Waals surface area (Å²) in [6.45, 7) is 5.16. The van der Waals surface area contributed by atoms with Crippen LogP contribution in [0.5, 0.6) is 11.5 Å². The number of nitrogens with zero attached hydrogens (tertiary/aromatic N) is 2. The molecule has 0 aromatic heterocycles. The first kappa shape index (κ1) is 20.3. The van der Waals surface area contributed by atoms with Gasteiger partial charge < -0.3 is 9.84 Å². The lowest BCUT2D eigenvalue weighted by molar-refractivity contribution is -0.122. The lowest BCUT2D eigenvalue weighted by Gasteiger charge is -2.14. The quantitative estimate of drug-likeness (QED) is 0.635. The molecular formula is C21H21ClN2O3S. The second kappa shape index (κ2) is 9.17. The van der Waals surface area contributed by atoms with Crippen LogP contribution < -0.4 is 4.74 Å². The van der Waals surface area contributed by atoms with Crippen molar-refractivity contribution in [2.45, 2.75) is 20.3 Å². The normalized spacial score (nSPS) is 17.0. The highest BCUT2D eigenvalue weighted by Crippen LogP contribution is 2.35.